The zero-order valence-electron chi connectivity index (χ0n) is 11.0. The standard InChI is InChI=1S/C16H22ClN/c17-13-14-3-5-15(6-4-14)18-11-9-16(10-12-18)7-1-2-8-16/h3-6H,1-2,7-13H2. The lowest BCUT2D eigenvalue weighted by molar-refractivity contribution is 0.226. The molecule has 1 aromatic rings. The topological polar surface area (TPSA) is 3.24 Å². The van der Waals surface area contributed by atoms with E-state index in [9.17, 15) is 0 Å². The van der Waals surface area contributed by atoms with Crippen LogP contribution in [0.25, 0.3) is 0 Å². The molecule has 0 atom stereocenters. The van der Waals surface area contributed by atoms with Crippen molar-refractivity contribution in [2.45, 2.75) is 44.4 Å². The molecule has 2 aliphatic rings. The van der Waals surface area contributed by atoms with E-state index >= 15 is 0 Å². The molecule has 1 heterocycles. The second-order valence-corrected chi connectivity index (χ2v) is 6.26. The fourth-order valence-electron chi connectivity index (χ4n) is 3.66. The average Bonchev–Trinajstić information content (AvgIpc) is 2.88. The summed E-state index contributed by atoms with van der Waals surface area (Å²) in [5.41, 5.74) is 3.30. The van der Waals surface area contributed by atoms with Gasteiger partial charge in [-0.1, -0.05) is 25.0 Å². The summed E-state index contributed by atoms with van der Waals surface area (Å²) in [5, 5.41) is 0. The summed E-state index contributed by atoms with van der Waals surface area (Å²) in [4.78, 5) is 2.54. The van der Waals surface area contributed by atoms with Crippen molar-refractivity contribution in [3.63, 3.8) is 0 Å². The third kappa shape index (κ3) is 2.38. The van der Waals surface area contributed by atoms with Gasteiger partial charge in [0.1, 0.15) is 0 Å². The average molecular weight is 264 g/mol. The first-order valence-electron chi connectivity index (χ1n) is 7.21. The molecule has 0 aromatic heterocycles. The predicted octanol–water partition coefficient (Wildman–Crippen LogP) is 4.59. The number of hydrogen-bond donors (Lipinski definition) is 0. The van der Waals surface area contributed by atoms with Crippen LogP contribution in [0.2, 0.25) is 0 Å². The van der Waals surface area contributed by atoms with Crippen LogP contribution in [0.3, 0.4) is 0 Å². The number of piperidine rings is 1. The highest BCUT2D eigenvalue weighted by atomic mass is 35.5. The van der Waals surface area contributed by atoms with Gasteiger partial charge in [-0.3, -0.25) is 0 Å². The van der Waals surface area contributed by atoms with E-state index < -0.39 is 0 Å². The van der Waals surface area contributed by atoms with Gasteiger partial charge in [0.15, 0.2) is 0 Å². The van der Waals surface area contributed by atoms with Crippen LogP contribution >= 0.6 is 11.6 Å². The maximum atomic E-state index is 5.83. The molecule has 98 valence electrons. The number of hydrogen-bond acceptors (Lipinski definition) is 1. The highest BCUT2D eigenvalue weighted by molar-refractivity contribution is 6.17. The van der Waals surface area contributed by atoms with E-state index in [4.69, 9.17) is 11.6 Å². The number of rotatable bonds is 2. The van der Waals surface area contributed by atoms with Gasteiger partial charge in [0, 0.05) is 24.7 Å². The van der Waals surface area contributed by atoms with Gasteiger partial charge >= 0.3 is 0 Å². The van der Waals surface area contributed by atoms with Crippen molar-refractivity contribution in [3.05, 3.63) is 29.8 Å². The van der Waals surface area contributed by atoms with Crippen molar-refractivity contribution >= 4 is 17.3 Å². The molecule has 0 N–H and O–H groups in total. The smallest absolute Gasteiger partial charge is 0.0474 e. The molecule has 2 heteroatoms. The van der Waals surface area contributed by atoms with Crippen molar-refractivity contribution < 1.29 is 0 Å². The quantitative estimate of drug-likeness (QED) is 0.706. The fourth-order valence-corrected chi connectivity index (χ4v) is 3.84. The first-order chi connectivity index (χ1) is 8.81. The maximum Gasteiger partial charge on any atom is 0.0474 e. The molecule has 0 unspecified atom stereocenters. The summed E-state index contributed by atoms with van der Waals surface area (Å²) >= 11 is 5.83. The van der Waals surface area contributed by atoms with Gasteiger partial charge in [-0.15, -0.1) is 11.6 Å². The van der Waals surface area contributed by atoms with E-state index in [2.05, 4.69) is 29.2 Å². The van der Waals surface area contributed by atoms with Gasteiger partial charge in [-0.05, 0) is 48.8 Å². The van der Waals surface area contributed by atoms with Gasteiger partial charge in [-0.25, -0.2) is 0 Å². The van der Waals surface area contributed by atoms with Crippen molar-refractivity contribution in [1.82, 2.24) is 0 Å². The van der Waals surface area contributed by atoms with Crippen LogP contribution in [0, 0.1) is 5.41 Å². The molecule has 1 saturated carbocycles. The van der Waals surface area contributed by atoms with Crippen LogP contribution in [-0.4, -0.2) is 13.1 Å². The Morgan fingerprint density at radius 3 is 2.11 bits per heavy atom. The third-order valence-electron chi connectivity index (χ3n) is 4.94. The molecule has 1 spiro atoms. The van der Waals surface area contributed by atoms with Gasteiger partial charge < -0.3 is 4.90 Å². The molecular formula is C16H22ClN. The second-order valence-electron chi connectivity index (χ2n) is 5.99. The highest BCUT2D eigenvalue weighted by Crippen LogP contribution is 2.46. The third-order valence-corrected chi connectivity index (χ3v) is 5.25. The summed E-state index contributed by atoms with van der Waals surface area (Å²) in [5.74, 6) is 0.614. The van der Waals surface area contributed by atoms with Crippen LogP contribution < -0.4 is 4.90 Å². The zero-order chi connectivity index (χ0) is 12.4. The summed E-state index contributed by atoms with van der Waals surface area (Å²) in [6.07, 6.45) is 8.67. The molecule has 0 bridgehead atoms. The Morgan fingerprint density at radius 2 is 1.56 bits per heavy atom. The number of benzene rings is 1. The zero-order valence-corrected chi connectivity index (χ0v) is 11.8. The van der Waals surface area contributed by atoms with Crippen LogP contribution in [0.4, 0.5) is 5.69 Å². The molecule has 1 saturated heterocycles. The summed E-state index contributed by atoms with van der Waals surface area (Å²) in [7, 11) is 0. The van der Waals surface area contributed by atoms with E-state index in [-0.39, 0.29) is 0 Å². The normalized spacial score (nSPS) is 22.6. The van der Waals surface area contributed by atoms with Gasteiger partial charge in [0.2, 0.25) is 0 Å². The van der Waals surface area contributed by atoms with Gasteiger partial charge in [0.05, 0.1) is 0 Å². The Balaban J connectivity index is 1.64. The van der Waals surface area contributed by atoms with Crippen LogP contribution in [0.5, 0.6) is 0 Å². The van der Waals surface area contributed by atoms with E-state index in [0.717, 1.165) is 0 Å². The number of nitrogens with zero attached hydrogens (tertiary/aromatic N) is 1. The van der Waals surface area contributed by atoms with E-state index in [1.165, 1.54) is 62.9 Å². The lowest BCUT2D eigenvalue weighted by atomic mass is 9.77. The maximum absolute atomic E-state index is 5.83. The lowest BCUT2D eigenvalue weighted by Crippen LogP contribution is -2.38. The molecule has 18 heavy (non-hydrogen) atoms. The Hall–Kier alpha value is -0.690. The largest absolute Gasteiger partial charge is 0.371 e. The van der Waals surface area contributed by atoms with E-state index in [1.807, 2.05) is 0 Å². The molecule has 1 aliphatic heterocycles. The molecule has 1 nitrogen and oxygen atoms in total. The monoisotopic (exact) mass is 263 g/mol. The minimum atomic E-state index is 0.614. The van der Waals surface area contributed by atoms with Crippen molar-refractivity contribution in [1.29, 1.82) is 0 Å². The molecule has 0 radical (unpaired) electrons. The number of anilines is 1. The predicted molar refractivity (Wildman–Crippen MR) is 78.3 cm³/mol. The Labute approximate surface area is 115 Å². The van der Waals surface area contributed by atoms with Crippen molar-refractivity contribution in [2.75, 3.05) is 18.0 Å². The molecular weight excluding hydrogens is 242 g/mol. The van der Waals surface area contributed by atoms with Crippen LogP contribution in [-0.2, 0) is 5.88 Å². The molecule has 1 aromatic carbocycles. The fraction of sp³-hybridized carbons (Fsp3) is 0.625. The molecule has 0 amide bonds. The summed E-state index contributed by atoms with van der Waals surface area (Å²) in [6.45, 7) is 2.47. The van der Waals surface area contributed by atoms with Gasteiger partial charge in [-0.2, -0.15) is 0 Å². The first kappa shape index (κ1) is 12.3. The number of alkyl halides is 1. The highest BCUT2D eigenvalue weighted by Gasteiger charge is 2.36. The van der Waals surface area contributed by atoms with Crippen molar-refractivity contribution in [2.24, 2.45) is 5.41 Å². The SMILES string of the molecule is ClCc1ccc(N2CCC3(CCCC3)CC2)cc1. The summed E-state index contributed by atoms with van der Waals surface area (Å²) < 4.78 is 0. The Morgan fingerprint density at radius 1 is 0.944 bits per heavy atom. The minimum Gasteiger partial charge on any atom is -0.371 e. The van der Waals surface area contributed by atoms with Crippen LogP contribution in [0.15, 0.2) is 24.3 Å². The van der Waals surface area contributed by atoms with Crippen molar-refractivity contribution in [3.8, 4) is 0 Å². The van der Waals surface area contributed by atoms with E-state index in [1.54, 1.807) is 0 Å². The molecule has 3 rings (SSSR count). The molecule has 1 aliphatic carbocycles. The summed E-state index contributed by atoms with van der Waals surface area (Å²) in [6, 6.07) is 8.76. The minimum absolute atomic E-state index is 0.614. The lowest BCUT2D eigenvalue weighted by Gasteiger charge is -2.40. The Bertz CT molecular complexity index is 382. The number of halogens is 1. The van der Waals surface area contributed by atoms with E-state index in [0.29, 0.717) is 11.3 Å². The molecule has 2 fully saturated rings. The Kier molecular flexibility index (Phi) is 3.52. The van der Waals surface area contributed by atoms with Crippen LogP contribution in [0.1, 0.15) is 44.1 Å². The second kappa shape index (κ2) is 5.13. The van der Waals surface area contributed by atoms with Gasteiger partial charge in [0.25, 0.3) is 0 Å². The first-order valence-corrected chi connectivity index (χ1v) is 7.75.